The van der Waals surface area contributed by atoms with E-state index in [2.05, 4.69) is 5.32 Å². The summed E-state index contributed by atoms with van der Waals surface area (Å²) in [6, 6.07) is 6.73. The van der Waals surface area contributed by atoms with Gasteiger partial charge in [-0.1, -0.05) is 0 Å². The van der Waals surface area contributed by atoms with Gasteiger partial charge in [0, 0.05) is 12.6 Å². The van der Waals surface area contributed by atoms with Gasteiger partial charge in [-0.25, -0.2) is 0 Å². The molecule has 0 unspecified atom stereocenters. The number of ether oxygens (including phenoxy) is 2. The van der Waals surface area contributed by atoms with Crippen LogP contribution in [0.3, 0.4) is 0 Å². The van der Waals surface area contributed by atoms with Crippen LogP contribution in [-0.2, 0) is 14.3 Å². The number of hydrogen-bond acceptors (Lipinski definition) is 5. The van der Waals surface area contributed by atoms with E-state index in [9.17, 15) is 9.59 Å². The third-order valence-corrected chi connectivity index (χ3v) is 1.86. The fourth-order valence-corrected chi connectivity index (χ4v) is 1.19. The summed E-state index contributed by atoms with van der Waals surface area (Å²) in [6.45, 7) is 3.57. The molecule has 0 amide bonds. The van der Waals surface area contributed by atoms with E-state index in [-0.39, 0.29) is 18.5 Å². The van der Waals surface area contributed by atoms with Gasteiger partial charge in [0.25, 0.3) is 0 Å². The van der Waals surface area contributed by atoms with Gasteiger partial charge in [0.1, 0.15) is 12.3 Å². The molecule has 1 aromatic rings. The molecule has 17 heavy (non-hydrogen) atoms. The van der Waals surface area contributed by atoms with Crippen LogP contribution in [0.1, 0.15) is 13.8 Å². The fraction of sp³-hybridized carbons (Fsp3) is 0.333. The number of rotatable bonds is 5. The van der Waals surface area contributed by atoms with Gasteiger partial charge in [0.2, 0.25) is 0 Å². The molecule has 0 saturated heterocycles. The number of hydrogen-bond donors (Lipinski definition) is 1. The Kier molecular flexibility index (Phi) is 5.00. The average Bonchev–Trinajstić information content (AvgIpc) is 2.28. The van der Waals surface area contributed by atoms with Crippen molar-refractivity contribution in [2.24, 2.45) is 0 Å². The van der Waals surface area contributed by atoms with Crippen molar-refractivity contribution in [3.05, 3.63) is 24.3 Å². The highest BCUT2D eigenvalue weighted by Crippen LogP contribution is 2.15. The highest BCUT2D eigenvalue weighted by Gasteiger charge is 2.02. The summed E-state index contributed by atoms with van der Waals surface area (Å²) in [6.07, 6.45) is 0. The Labute approximate surface area is 99.7 Å². The predicted octanol–water partition coefficient (Wildman–Crippen LogP) is 1.59. The van der Waals surface area contributed by atoms with Crippen LogP contribution in [0, 0.1) is 0 Å². The minimum Gasteiger partial charge on any atom is -0.465 e. The largest absolute Gasteiger partial charge is 0.465 e. The summed E-state index contributed by atoms with van der Waals surface area (Å²) in [5.41, 5.74) is 0.758. The molecule has 0 aliphatic heterocycles. The van der Waals surface area contributed by atoms with Crippen molar-refractivity contribution in [1.82, 2.24) is 0 Å². The number of anilines is 1. The molecule has 0 aliphatic carbocycles. The summed E-state index contributed by atoms with van der Waals surface area (Å²) in [7, 11) is 0. The molecule has 1 aromatic carbocycles. The topological polar surface area (TPSA) is 64.6 Å². The Morgan fingerprint density at radius 1 is 1.24 bits per heavy atom. The highest BCUT2D eigenvalue weighted by molar-refractivity contribution is 5.75. The van der Waals surface area contributed by atoms with Gasteiger partial charge in [-0.15, -0.1) is 0 Å². The maximum absolute atomic E-state index is 11.1. The van der Waals surface area contributed by atoms with Crippen LogP contribution in [0.2, 0.25) is 0 Å². The number of benzene rings is 1. The number of carbonyl (C=O) groups excluding carboxylic acids is 2. The monoisotopic (exact) mass is 237 g/mol. The van der Waals surface area contributed by atoms with Crippen LogP contribution in [0.4, 0.5) is 5.69 Å². The SMILES string of the molecule is CCOC(=O)CNc1ccc(OC(C)=O)cc1. The first-order chi connectivity index (χ1) is 8.11. The standard InChI is InChI=1S/C12H15NO4/c1-3-16-12(15)8-13-10-4-6-11(7-5-10)17-9(2)14/h4-7,13H,3,8H2,1-2H3. The van der Waals surface area contributed by atoms with E-state index in [4.69, 9.17) is 9.47 Å². The molecule has 0 saturated carbocycles. The van der Waals surface area contributed by atoms with Gasteiger partial charge in [-0.05, 0) is 31.2 Å². The molecule has 1 N–H and O–H groups in total. The number of carbonyl (C=O) groups is 2. The lowest BCUT2D eigenvalue weighted by Crippen LogP contribution is -2.16. The number of nitrogens with one attached hydrogen (secondary N) is 1. The Balaban J connectivity index is 2.45. The van der Waals surface area contributed by atoms with E-state index >= 15 is 0 Å². The lowest BCUT2D eigenvalue weighted by Gasteiger charge is -2.06. The number of esters is 2. The molecular formula is C12H15NO4. The van der Waals surface area contributed by atoms with Crippen molar-refractivity contribution in [1.29, 1.82) is 0 Å². The Hall–Kier alpha value is -2.04. The average molecular weight is 237 g/mol. The minimum absolute atomic E-state index is 0.112. The molecule has 0 aromatic heterocycles. The van der Waals surface area contributed by atoms with Crippen molar-refractivity contribution >= 4 is 17.6 Å². The molecule has 1 rings (SSSR count). The summed E-state index contributed by atoms with van der Waals surface area (Å²) in [4.78, 5) is 21.8. The molecule has 0 fully saturated rings. The quantitative estimate of drug-likeness (QED) is 0.622. The zero-order valence-electron chi connectivity index (χ0n) is 9.86. The second-order valence-electron chi connectivity index (χ2n) is 3.28. The summed E-state index contributed by atoms with van der Waals surface area (Å²) in [5, 5.41) is 2.89. The second kappa shape index (κ2) is 6.52. The Morgan fingerprint density at radius 2 is 1.88 bits per heavy atom. The van der Waals surface area contributed by atoms with Crippen LogP contribution in [0.5, 0.6) is 5.75 Å². The van der Waals surface area contributed by atoms with Gasteiger partial charge in [-0.2, -0.15) is 0 Å². The molecule has 92 valence electrons. The smallest absolute Gasteiger partial charge is 0.325 e. The van der Waals surface area contributed by atoms with Gasteiger partial charge in [0.15, 0.2) is 0 Å². The normalized spacial score (nSPS) is 9.53. The van der Waals surface area contributed by atoms with Crippen molar-refractivity contribution < 1.29 is 19.1 Å². The van der Waals surface area contributed by atoms with Crippen molar-refractivity contribution in [2.45, 2.75) is 13.8 Å². The van der Waals surface area contributed by atoms with E-state index in [0.29, 0.717) is 12.4 Å². The fourth-order valence-electron chi connectivity index (χ4n) is 1.19. The van der Waals surface area contributed by atoms with Crippen LogP contribution < -0.4 is 10.1 Å². The lowest BCUT2D eigenvalue weighted by atomic mass is 10.3. The third kappa shape index (κ3) is 5.01. The lowest BCUT2D eigenvalue weighted by molar-refractivity contribution is -0.141. The van der Waals surface area contributed by atoms with Gasteiger partial charge in [0.05, 0.1) is 6.61 Å². The van der Waals surface area contributed by atoms with Crippen molar-refractivity contribution in [3.63, 3.8) is 0 Å². The van der Waals surface area contributed by atoms with Crippen LogP contribution in [-0.4, -0.2) is 25.1 Å². The molecule has 0 heterocycles. The zero-order valence-corrected chi connectivity index (χ0v) is 9.86. The molecule has 5 nitrogen and oxygen atoms in total. The van der Waals surface area contributed by atoms with Gasteiger partial charge < -0.3 is 14.8 Å². The summed E-state index contributed by atoms with van der Waals surface area (Å²) >= 11 is 0. The molecule has 0 aliphatic rings. The molecule has 0 bridgehead atoms. The molecule has 0 radical (unpaired) electrons. The predicted molar refractivity (Wildman–Crippen MR) is 62.9 cm³/mol. The van der Waals surface area contributed by atoms with Crippen molar-refractivity contribution in [3.8, 4) is 5.75 Å². The maximum Gasteiger partial charge on any atom is 0.325 e. The van der Waals surface area contributed by atoms with Gasteiger partial charge in [-0.3, -0.25) is 9.59 Å². The maximum atomic E-state index is 11.1. The zero-order chi connectivity index (χ0) is 12.7. The second-order valence-corrected chi connectivity index (χ2v) is 3.28. The Morgan fingerprint density at radius 3 is 2.41 bits per heavy atom. The third-order valence-electron chi connectivity index (χ3n) is 1.86. The highest BCUT2D eigenvalue weighted by atomic mass is 16.5. The summed E-state index contributed by atoms with van der Waals surface area (Å²) in [5.74, 6) is -0.201. The van der Waals surface area contributed by atoms with Crippen LogP contribution in [0.25, 0.3) is 0 Å². The molecular weight excluding hydrogens is 222 g/mol. The first-order valence-corrected chi connectivity index (χ1v) is 5.29. The van der Waals surface area contributed by atoms with Crippen molar-refractivity contribution in [2.75, 3.05) is 18.5 Å². The van der Waals surface area contributed by atoms with E-state index in [1.54, 1.807) is 31.2 Å². The van der Waals surface area contributed by atoms with Crippen LogP contribution in [0.15, 0.2) is 24.3 Å². The Bertz CT molecular complexity index is 386. The van der Waals surface area contributed by atoms with E-state index in [1.807, 2.05) is 0 Å². The molecule has 5 heteroatoms. The summed E-state index contributed by atoms with van der Waals surface area (Å²) < 4.78 is 9.64. The van der Waals surface area contributed by atoms with E-state index in [0.717, 1.165) is 5.69 Å². The van der Waals surface area contributed by atoms with Crippen LogP contribution >= 0.6 is 0 Å². The van der Waals surface area contributed by atoms with Gasteiger partial charge >= 0.3 is 11.9 Å². The first kappa shape index (κ1) is 13.0. The van der Waals surface area contributed by atoms with E-state index < -0.39 is 0 Å². The minimum atomic E-state index is -0.364. The molecule has 0 spiro atoms. The molecule has 0 atom stereocenters. The first-order valence-electron chi connectivity index (χ1n) is 5.29. The van der Waals surface area contributed by atoms with E-state index in [1.165, 1.54) is 6.92 Å².